The Bertz CT molecular complexity index is 164. The van der Waals surface area contributed by atoms with Gasteiger partial charge in [-0.05, 0) is 69.8 Å². The zero-order valence-corrected chi connectivity index (χ0v) is 11.8. The SMILES string of the molecule is CCCNCC1CCN(CCCCSC)C1. The quantitative estimate of drug-likeness (QED) is 0.627. The molecule has 0 amide bonds. The molecule has 1 fully saturated rings. The monoisotopic (exact) mass is 244 g/mol. The summed E-state index contributed by atoms with van der Waals surface area (Å²) >= 11 is 1.97. The normalized spacial score (nSPS) is 21.8. The van der Waals surface area contributed by atoms with E-state index in [0.717, 1.165) is 5.92 Å². The Hall–Kier alpha value is 0.270. The Labute approximate surface area is 106 Å². The van der Waals surface area contributed by atoms with Gasteiger partial charge in [0.05, 0.1) is 0 Å². The summed E-state index contributed by atoms with van der Waals surface area (Å²) < 4.78 is 0. The van der Waals surface area contributed by atoms with Gasteiger partial charge in [0.25, 0.3) is 0 Å². The fourth-order valence-corrected chi connectivity index (χ4v) is 2.84. The minimum absolute atomic E-state index is 0.909. The van der Waals surface area contributed by atoms with Gasteiger partial charge in [-0.3, -0.25) is 0 Å². The van der Waals surface area contributed by atoms with Gasteiger partial charge >= 0.3 is 0 Å². The first-order valence-corrected chi connectivity index (χ1v) is 8.18. The van der Waals surface area contributed by atoms with Crippen molar-refractivity contribution in [2.45, 2.75) is 32.6 Å². The zero-order valence-electron chi connectivity index (χ0n) is 11.0. The fraction of sp³-hybridized carbons (Fsp3) is 1.00. The minimum Gasteiger partial charge on any atom is -0.316 e. The van der Waals surface area contributed by atoms with Gasteiger partial charge < -0.3 is 10.2 Å². The van der Waals surface area contributed by atoms with Crippen LogP contribution in [0, 0.1) is 5.92 Å². The Balaban J connectivity index is 1.97. The van der Waals surface area contributed by atoms with Crippen LogP contribution < -0.4 is 5.32 Å². The van der Waals surface area contributed by atoms with E-state index in [0.29, 0.717) is 0 Å². The van der Waals surface area contributed by atoms with Crippen molar-refractivity contribution < 1.29 is 0 Å². The van der Waals surface area contributed by atoms with Crippen molar-refractivity contribution in [3.05, 3.63) is 0 Å². The average molecular weight is 244 g/mol. The molecule has 1 heterocycles. The van der Waals surface area contributed by atoms with Gasteiger partial charge in [-0.1, -0.05) is 6.92 Å². The standard InChI is InChI=1S/C13H28N2S/c1-3-7-14-11-13-6-9-15(12-13)8-4-5-10-16-2/h13-14H,3-12H2,1-2H3. The number of likely N-dealkylation sites (tertiary alicyclic amines) is 1. The maximum absolute atomic E-state index is 3.54. The van der Waals surface area contributed by atoms with Crippen molar-refractivity contribution in [2.24, 2.45) is 5.92 Å². The molecule has 0 saturated carbocycles. The van der Waals surface area contributed by atoms with Gasteiger partial charge in [0, 0.05) is 6.54 Å². The van der Waals surface area contributed by atoms with Crippen molar-refractivity contribution in [2.75, 3.05) is 44.7 Å². The van der Waals surface area contributed by atoms with E-state index in [-0.39, 0.29) is 0 Å². The van der Waals surface area contributed by atoms with Crippen LogP contribution >= 0.6 is 11.8 Å². The van der Waals surface area contributed by atoms with Crippen molar-refractivity contribution in [3.8, 4) is 0 Å². The maximum Gasteiger partial charge on any atom is 0.00223 e. The van der Waals surface area contributed by atoms with Gasteiger partial charge in [0.15, 0.2) is 0 Å². The summed E-state index contributed by atoms with van der Waals surface area (Å²) in [5.74, 6) is 2.24. The number of nitrogens with zero attached hydrogens (tertiary/aromatic N) is 1. The van der Waals surface area contributed by atoms with Gasteiger partial charge in [0.1, 0.15) is 0 Å². The lowest BCUT2D eigenvalue weighted by atomic mass is 10.1. The maximum atomic E-state index is 3.54. The highest BCUT2D eigenvalue weighted by Crippen LogP contribution is 2.16. The lowest BCUT2D eigenvalue weighted by Gasteiger charge is -2.16. The average Bonchev–Trinajstić information content (AvgIpc) is 2.73. The van der Waals surface area contributed by atoms with Crippen LogP contribution in [0.15, 0.2) is 0 Å². The van der Waals surface area contributed by atoms with E-state index in [9.17, 15) is 0 Å². The second kappa shape index (κ2) is 9.32. The Kier molecular flexibility index (Phi) is 8.34. The first kappa shape index (κ1) is 14.3. The van der Waals surface area contributed by atoms with Crippen LogP contribution in [0.25, 0.3) is 0 Å². The first-order chi connectivity index (χ1) is 7.86. The third-order valence-electron chi connectivity index (χ3n) is 3.30. The lowest BCUT2D eigenvalue weighted by Crippen LogP contribution is -2.27. The van der Waals surface area contributed by atoms with Crippen LogP contribution in [0.2, 0.25) is 0 Å². The number of nitrogens with one attached hydrogen (secondary N) is 1. The highest BCUT2D eigenvalue weighted by molar-refractivity contribution is 7.98. The molecule has 2 nitrogen and oxygen atoms in total. The summed E-state index contributed by atoms with van der Waals surface area (Å²) in [4.78, 5) is 2.65. The van der Waals surface area contributed by atoms with Crippen LogP contribution in [0.3, 0.4) is 0 Å². The Morgan fingerprint density at radius 1 is 1.38 bits per heavy atom. The topological polar surface area (TPSA) is 15.3 Å². The fourth-order valence-electron chi connectivity index (χ4n) is 2.35. The molecule has 0 aliphatic carbocycles. The molecule has 16 heavy (non-hydrogen) atoms. The van der Waals surface area contributed by atoms with E-state index in [1.165, 1.54) is 64.2 Å². The first-order valence-electron chi connectivity index (χ1n) is 6.78. The van der Waals surface area contributed by atoms with E-state index in [1.807, 2.05) is 11.8 Å². The van der Waals surface area contributed by atoms with E-state index in [4.69, 9.17) is 0 Å². The molecule has 0 spiro atoms. The molecule has 0 aromatic rings. The molecule has 1 aliphatic rings. The largest absolute Gasteiger partial charge is 0.316 e. The molecular weight excluding hydrogens is 216 g/mol. The number of thioether (sulfide) groups is 1. The van der Waals surface area contributed by atoms with E-state index < -0.39 is 0 Å². The molecular formula is C13H28N2S. The molecule has 96 valence electrons. The third kappa shape index (κ3) is 6.12. The third-order valence-corrected chi connectivity index (χ3v) is 4.00. The van der Waals surface area contributed by atoms with Gasteiger partial charge in [-0.15, -0.1) is 0 Å². The molecule has 0 aromatic heterocycles. The molecule has 1 aliphatic heterocycles. The summed E-state index contributed by atoms with van der Waals surface area (Å²) in [7, 11) is 0. The van der Waals surface area contributed by atoms with Crippen LogP contribution in [-0.4, -0.2) is 49.6 Å². The molecule has 1 atom stereocenters. The van der Waals surface area contributed by atoms with Crippen molar-refractivity contribution in [1.82, 2.24) is 10.2 Å². The summed E-state index contributed by atoms with van der Waals surface area (Å²) in [6, 6.07) is 0. The van der Waals surface area contributed by atoms with Crippen LogP contribution in [0.1, 0.15) is 32.6 Å². The predicted molar refractivity (Wildman–Crippen MR) is 75.3 cm³/mol. The highest BCUT2D eigenvalue weighted by atomic mass is 32.2. The van der Waals surface area contributed by atoms with Crippen molar-refractivity contribution >= 4 is 11.8 Å². The number of unbranched alkanes of at least 4 members (excludes halogenated alkanes) is 1. The molecule has 1 saturated heterocycles. The van der Waals surface area contributed by atoms with E-state index in [2.05, 4.69) is 23.4 Å². The Morgan fingerprint density at radius 2 is 2.25 bits per heavy atom. The van der Waals surface area contributed by atoms with Gasteiger partial charge in [-0.25, -0.2) is 0 Å². The number of rotatable bonds is 9. The van der Waals surface area contributed by atoms with Gasteiger partial charge in [0.2, 0.25) is 0 Å². The van der Waals surface area contributed by atoms with Crippen LogP contribution in [0.4, 0.5) is 0 Å². The summed E-state index contributed by atoms with van der Waals surface area (Å²) in [5, 5.41) is 3.54. The number of hydrogen-bond acceptors (Lipinski definition) is 3. The van der Waals surface area contributed by atoms with Crippen molar-refractivity contribution in [1.29, 1.82) is 0 Å². The predicted octanol–water partition coefficient (Wildman–Crippen LogP) is 2.45. The van der Waals surface area contributed by atoms with Gasteiger partial charge in [-0.2, -0.15) is 11.8 Å². The van der Waals surface area contributed by atoms with E-state index >= 15 is 0 Å². The molecule has 1 N–H and O–H groups in total. The molecule has 0 aromatic carbocycles. The summed E-state index contributed by atoms with van der Waals surface area (Å²) in [5.41, 5.74) is 0. The molecule has 0 radical (unpaired) electrons. The van der Waals surface area contributed by atoms with E-state index in [1.54, 1.807) is 0 Å². The second-order valence-corrected chi connectivity index (χ2v) is 5.84. The van der Waals surface area contributed by atoms with Crippen molar-refractivity contribution in [3.63, 3.8) is 0 Å². The number of hydrogen-bond donors (Lipinski definition) is 1. The minimum atomic E-state index is 0.909. The highest BCUT2D eigenvalue weighted by Gasteiger charge is 2.21. The Morgan fingerprint density at radius 3 is 3.00 bits per heavy atom. The lowest BCUT2D eigenvalue weighted by molar-refractivity contribution is 0.316. The second-order valence-electron chi connectivity index (χ2n) is 4.86. The summed E-state index contributed by atoms with van der Waals surface area (Å²) in [6.07, 6.45) is 7.63. The van der Waals surface area contributed by atoms with Crippen LogP contribution in [-0.2, 0) is 0 Å². The zero-order chi connectivity index (χ0) is 11.6. The van der Waals surface area contributed by atoms with Crippen LogP contribution in [0.5, 0.6) is 0 Å². The smallest absolute Gasteiger partial charge is 0.00223 e. The molecule has 0 bridgehead atoms. The molecule has 1 unspecified atom stereocenters. The summed E-state index contributed by atoms with van der Waals surface area (Å²) in [6.45, 7) is 8.64. The molecule has 3 heteroatoms. The molecule has 1 rings (SSSR count).